The van der Waals surface area contributed by atoms with Crippen molar-refractivity contribution in [2.75, 3.05) is 0 Å². The number of hydrogen-bond acceptors (Lipinski definition) is 4. The Morgan fingerprint density at radius 1 is 1.25 bits per heavy atom. The van der Waals surface area contributed by atoms with Gasteiger partial charge in [-0.25, -0.2) is 0 Å². The maximum atomic E-state index is 12.5. The van der Waals surface area contributed by atoms with Crippen LogP contribution < -0.4 is 4.74 Å². The van der Waals surface area contributed by atoms with Gasteiger partial charge in [0.25, 0.3) is 0 Å². The van der Waals surface area contributed by atoms with Crippen LogP contribution in [0.25, 0.3) is 17.0 Å². The van der Waals surface area contributed by atoms with Gasteiger partial charge < -0.3 is 19.5 Å². The lowest BCUT2D eigenvalue weighted by atomic mass is 10.1. The first-order valence-electron chi connectivity index (χ1n) is 7.19. The number of hydrogen-bond donors (Lipinski definition) is 2. The summed E-state index contributed by atoms with van der Waals surface area (Å²) in [6, 6.07) is 8.27. The monoisotopic (exact) mass is 385 g/mol. The molecule has 0 aliphatic carbocycles. The molecule has 5 nitrogen and oxygen atoms in total. The molecule has 0 fully saturated rings. The molecule has 0 radical (unpaired) electrons. The van der Waals surface area contributed by atoms with Crippen molar-refractivity contribution in [2.45, 2.75) is 0 Å². The number of fused-ring (bicyclic) bond motifs is 2. The normalized spacial score (nSPS) is 15.1. The van der Waals surface area contributed by atoms with E-state index in [0.29, 0.717) is 0 Å². The number of aryl methyl sites for hydroxylation is 1. The van der Waals surface area contributed by atoms with Crippen LogP contribution in [0.5, 0.6) is 17.2 Å². The number of allylic oxidation sites excluding steroid dienone is 1. The van der Waals surface area contributed by atoms with Gasteiger partial charge in [0.05, 0.1) is 5.52 Å². The largest absolute Gasteiger partial charge is 0.508 e. The third-order valence-corrected chi connectivity index (χ3v) is 4.65. The summed E-state index contributed by atoms with van der Waals surface area (Å²) in [5.74, 6) is -0.591. The number of nitrogens with zero attached hydrogens (tertiary/aromatic N) is 1. The van der Waals surface area contributed by atoms with Gasteiger partial charge in [0, 0.05) is 40.8 Å². The first-order valence-corrected chi connectivity index (χ1v) is 7.99. The van der Waals surface area contributed by atoms with E-state index in [2.05, 4.69) is 15.9 Å². The zero-order valence-electron chi connectivity index (χ0n) is 12.6. The SMILES string of the molecule is Cn1cc(C=C2Oc3cc(O)cc(O)c3C2=O)c2cccc(Br)c21. The number of Topliss-reactive ketones (excluding diaryl/α,β-unsaturated/α-hetero) is 1. The molecule has 2 heterocycles. The summed E-state index contributed by atoms with van der Waals surface area (Å²) in [7, 11) is 1.92. The fraction of sp³-hybridized carbons (Fsp3) is 0.0556. The third-order valence-electron chi connectivity index (χ3n) is 4.01. The molecular weight excluding hydrogens is 374 g/mol. The average molecular weight is 386 g/mol. The molecule has 2 aromatic carbocycles. The van der Waals surface area contributed by atoms with Crippen LogP contribution in [-0.2, 0) is 7.05 Å². The summed E-state index contributed by atoms with van der Waals surface area (Å²) in [6.07, 6.45) is 3.55. The fourth-order valence-electron chi connectivity index (χ4n) is 2.98. The van der Waals surface area contributed by atoms with E-state index in [9.17, 15) is 15.0 Å². The smallest absolute Gasteiger partial charge is 0.235 e. The number of phenols is 2. The van der Waals surface area contributed by atoms with Gasteiger partial charge in [0.15, 0.2) is 5.76 Å². The van der Waals surface area contributed by atoms with E-state index in [-0.39, 0.29) is 28.6 Å². The minimum Gasteiger partial charge on any atom is -0.508 e. The molecule has 1 aliphatic heterocycles. The van der Waals surface area contributed by atoms with Crippen molar-refractivity contribution in [1.29, 1.82) is 0 Å². The predicted octanol–water partition coefficient (Wildman–Crippen LogP) is 3.97. The summed E-state index contributed by atoms with van der Waals surface area (Å²) in [5.41, 5.74) is 1.90. The highest BCUT2D eigenvalue weighted by Gasteiger charge is 2.31. The third kappa shape index (κ3) is 2.11. The highest BCUT2D eigenvalue weighted by Crippen LogP contribution is 2.41. The number of rotatable bonds is 1. The molecule has 0 saturated heterocycles. The number of carbonyl (C=O) groups excluding carboxylic acids is 1. The second-order valence-electron chi connectivity index (χ2n) is 5.61. The van der Waals surface area contributed by atoms with E-state index < -0.39 is 5.78 Å². The van der Waals surface area contributed by atoms with E-state index in [1.54, 1.807) is 6.08 Å². The number of para-hydroxylation sites is 1. The molecule has 0 atom stereocenters. The summed E-state index contributed by atoms with van der Waals surface area (Å²) in [6.45, 7) is 0. The van der Waals surface area contributed by atoms with Crippen molar-refractivity contribution in [2.24, 2.45) is 7.05 Å². The maximum Gasteiger partial charge on any atom is 0.235 e. The van der Waals surface area contributed by atoms with Crippen LogP contribution in [0.2, 0.25) is 0 Å². The van der Waals surface area contributed by atoms with Crippen molar-refractivity contribution >= 4 is 38.7 Å². The summed E-state index contributed by atoms with van der Waals surface area (Å²) < 4.78 is 8.46. The van der Waals surface area contributed by atoms with Gasteiger partial charge in [-0.3, -0.25) is 4.79 Å². The molecule has 0 unspecified atom stereocenters. The van der Waals surface area contributed by atoms with Crippen molar-refractivity contribution in [3.63, 3.8) is 0 Å². The van der Waals surface area contributed by atoms with Gasteiger partial charge in [0.2, 0.25) is 5.78 Å². The topological polar surface area (TPSA) is 71.7 Å². The summed E-state index contributed by atoms with van der Waals surface area (Å²) in [5, 5.41) is 20.4. The highest BCUT2D eigenvalue weighted by atomic mass is 79.9. The number of benzene rings is 2. The highest BCUT2D eigenvalue weighted by molar-refractivity contribution is 9.10. The molecule has 0 amide bonds. The average Bonchev–Trinajstić information content (AvgIpc) is 2.99. The Hall–Kier alpha value is -2.73. The van der Waals surface area contributed by atoms with E-state index >= 15 is 0 Å². The second kappa shape index (κ2) is 5.14. The van der Waals surface area contributed by atoms with Crippen LogP contribution in [-0.4, -0.2) is 20.6 Å². The van der Waals surface area contributed by atoms with E-state index in [0.717, 1.165) is 27.0 Å². The Kier molecular flexibility index (Phi) is 3.18. The Morgan fingerprint density at radius 2 is 2.04 bits per heavy atom. The molecule has 2 N–H and O–H groups in total. The van der Waals surface area contributed by atoms with Crippen LogP contribution in [0.3, 0.4) is 0 Å². The maximum absolute atomic E-state index is 12.5. The Labute approximate surface area is 145 Å². The zero-order chi connectivity index (χ0) is 17.0. The fourth-order valence-corrected chi connectivity index (χ4v) is 3.63. The van der Waals surface area contributed by atoms with Gasteiger partial charge in [0.1, 0.15) is 22.8 Å². The molecule has 120 valence electrons. The minimum absolute atomic E-state index is 0.0699. The van der Waals surface area contributed by atoms with Gasteiger partial charge >= 0.3 is 0 Å². The lowest BCUT2D eigenvalue weighted by Crippen LogP contribution is -1.98. The van der Waals surface area contributed by atoms with Crippen LogP contribution in [0, 0.1) is 0 Å². The molecule has 1 aromatic heterocycles. The number of phenolic OH excluding ortho intramolecular Hbond substituents is 2. The lowest BCUT2D eigenvalue weighted by Gasteiger charge is -2.00. The van der Waals surface area contributed by atoms with Crippen LogP contribution in [0.4, 0.5) is 0 Å². The quantitative estimate of drug-likeness (QED) is 0.621. The predicted molar refractivity (Wildman–Crippen MR) is 93.3 cm³/mol. The Morgan fingerprint density at radius 3 is 2.83 bits per heavy atom. The molecule has 1 aliphatic rings. The molecule has 0 saturated carbocycles. The molecule has 0 bridgehead atoms. The van der Waals surface area contributed by atoms with Gasteiger partial charge in [-0.15, -0.1) is 0 Å². The van der Waals surface area contributed by atoms with Crippen molar-refractivity contribution in [3.8, 4) is 17.2 Å². The summed E-state index contributed by atoms with van der Waals surface area (Å²) >= 11 is 3.53. The molecule has 3 aromatic rings. The second-order valence-corrected chi connectivity index (χ2v) is 6.46. The molecule has 6 heteroatoms. The number of aromatic hydroxyl groups is 2. The van der Waals surface area contributed by atoms with E-state index in [1.165, 1.54) is 6.07 Å². The number of halogens is 1. The first-order chi connectivity index (χ1) is 11.5. The number of carbonyl (C=O) groups is 1. The zero-order valence-corrected chi connectivity index (χ0v) is 14.2. The lowest BCUT2D eigenvalue weighted by molar-refractivity contribution is 0.101. The Bertz CT molecular complexity index is 1050. The van der Waals surface area contributed by atoms with E-state index in [1.807, 2.05) is 36.0 Å². The van der Waals surface area contributed by atoms with Crippen LogP contribution in [0.15, 0.2) is 46.8 Å². The van der Waals surface area contributed by atoms with Crippen molar-refractivity contribution in [3.05, 3.63) is 57.9 Å². The molecule has 0 spiro atoms. The van der Waals surface area contributed by atoms with Gasteiger partial charge in [-0.2, -0.15) is 0 Å². The van der Waals surface area contributed by atoms with Crippen LogP contribution >= 0.6 is 15.9 Å². The standard InChI is InChI=1S/C18H12BrNO4/c1-20-8-9(11-3-2-4-12(19)17(11)20)5-15-18(23)16-13(22)6-10(21)7-14(16)24-15/h2-8,21-22H,1H3. The Balaban J connectivity index is 1.86. The number of ketones is 1. The minimum atomic E-state index is -0.408. The van der Waals surface area contributed by atoms with Crippen molar-refractivity contribution in [1.82, 2.24) is 4.57 Å². The summed E-state index contributed by atoms with van der Waals surface area (Å²) in [4.78, 5) is 12.5. The number of aromatic nitrogens is 1. The molecule has 24 heavy (non-hydrogen) atoms. The molecular formula is C18H12BrNO4. The molecule has 4 rings (SSSR count). The first kappa shape index (κ1) is 14.8. The van der Waals surface area contributed by atoms with E-state index in [4.69, 9.17) is 4.74 Å². The van der Waals surface area contributed by atoms with Gasteiger partial charge in [-0.1, -0.05) is 12.1 Å². The van der Waals surface area contributed by atoms with Crippen molar-refractivity contribution < 1.29 is 19.7 Å². The number of ether oxygens (including phenoxy) is 1. The van der Waals surface area contributed by atoms with Gasteiger partial charge in [-0.05, 0) is 28.1 Å². The van der Waals surface area contributed by atoms with Crippen LogP contribution in [0.1, 0.15) is 15.9 Å².